The summed E-state index contributed by atoms with van der Waals surface area (Å²) < 4.78 is 11.0. The Balaban J connectivity index is 0.000000199. The summed E-state index contributed by atoms with van der Waals surface area (Å²) in [5.74, 6) is 3.21. The van der Waals surface area contributed by atoms with Crippen LogP contribution < -0.4 is 9.47 Å². The van der Waals surface area contributed by atoms with Crippen molar-refractivity contribution in [2.75, 3.05) is 0 Å². The van der Waals surface area contributed by atoms with E-state index in [0.717, 1.165) is 24.3 Å². The molecule has 0 bridgehead atoms. The maximum atomic E-state index is 9.21. The first-order valence-electron chi connectivity index (χ1n) is 12.2. The van der Waals surface area contributed by atoms with Gasteiger partial charge in [0.15, 0.2) is 0 Å². The van der Waals surface area contributed by atoms with Crippen molar-refractivity contribution < 1.29 is 45.9 Å². The fourth-order valence-corrected chi connectivity index (χ4v) is 3.02. The van der Waals surface area contributed by atoms with Crippen LogP contribution in [0.2, 0.25) is 0 Å². The van der Waals surface area contributed by atoms with Gasteiger partial charge in [0, 0.05) is 12.1 Å². The number of phenols is 2. The van der Waals surface area contributed by atoms with Gasteiger partial charge in [-0.2, -0.15) is 12.2 Å². The van der Waals surface area contributed by atoms with E-state index in [1.165, 1.54) is 0 Å². The second-order valence-corrected chi connectivity index (χ2v) is 7.83. The van der Waals surface area contributed by atoms with Gasteiger partial charge in [-0.3, -0.25) is 12.2 Å². The van der Waals surface area contributed by atoms with E-state index in [4.69, 9.17) is 9.47 Å². The molecule has 0 amide bonds. The number of benzene rings is 4. The fraction of sp³-hybridized carbons (Fsp3) is 0.0588. The van der Waals surface area contributed by atoms with Crippen LogP contribution in [0.25, 0.3) is 0 Å². The molecule has 0 fully saturated rings. The molecule has 0 saturated heterocycles. The van der Waals surface area contributed by atoms with Gasteiger partial charge in [-0.15, -0.1) is 12.8 Å². The minimum Gasteiger partial charge on any atom is -0.508 e. The number of rotatable bonds is 4. The molecule has 0 unspecified atom stereocenters. The molecule has 2 aliphatic rings. The number of para-hydroxylation sites is 2. The van der Waals surface area contributed by atoms with E-state index in [1.807, 2.05) is 85.0 Å². The number of hydrogen-bond acceptors (Lipinski definition) is 4. The van der Waals surface area contributed by atoms with Crippen molar-refractivity contribution in [3.63, 3.8) is 0 Å². The maximum Gasteiger partial charge on any atom is 2.00 e. The molecule has 2 aliphatic carbocycles. The summed E-state index contributed by atoms with van der Waals surface area (Å²) in [6.45, 7) is 0. The summed E-state index contributed by atoms with van der Waals surface area (Å²) >= 11 is 0. The van der Waals surface area contributed by atoms with Crippen LogP contribution in [-0.4, -0.2) is 10.2 Å². The quantitative estimate of drug-likeness (QED) is 0.232. The molecule has 194 valence electrons. The normalized spacial score (nSPS) is 11.5. The monoisotopic (exact) mass is 592 g/mol. The van der Waals surface area contributed by atoms with Gasteiger partial charge in [0.25, 0.3) is 0 Å². The van der Waals surface area contributed by atoms with Gasteiger partial charge >= 0.3 is 26.2 Å². The van der Waals surface area contributed by atoms with Crippen molar-refractivity contribution in [1.29, 1.82) is 0 Å². The molecule has 4 aromatic carbocycles. The Bertz CT molecular complexity index is 1200. The first-order chi connectivity index (χ1) is 18.7. The molecule has 4 aromatic rings. The van der Waals surface area contributed by atoms with Crippen molar-refractivity contribution in [2.45, 2.75) is 12.8 Å². The minimum atomic E-state index is 0. The predicted octanol–water partition coefficient (Wildman–Crippen LogP) is 8.98. The average Bonchev–Trinajstić information content (AvgIpc) is 3.71. The molecule has 5 heteroatoms. The molecule has 0 atom stereocenters. The summed E-state index contributed by atoms with van der Waals surface area (Å²) in [7, 11) is 0. The molecule has 6 rings (SSSR count). The Morgan fingerprint density at radius 1 is 0.487 bits per heavy atom. The van der Waals surface area contributed by atoms with E-state index < -0.39 is 0 Å². The average molecular weight is 594 g/mol. The first-order valence-corrected chi connectivity index (χ1v) is 12.2. The molecule has 0 saturated carbocycles. The zero-order valence-electron chi connectivity index (χ0n) is 21.5. The molecule has 0 aliphatic heterocycles. The molecule has 0 aromatic heterocycles. The maximum absolute atomic E-state index is 9.21. The summed E-state index contributed by atoms with van der Waals surface area (Å²) in [6.07, 6.45) is 20.0. The van der Waals surface area contributed by atoms with E-state index in [-0.39, 0.29) is 37.7 Å². The van der Waals surface area contributed by atoms with Crippen molar-refractivity contribution >= 4 is 0 Å². The fourth-order valence-electron chi connectivity index (χ4n) is 3.02. The Hall–Kier alpha value is -4.08. The number of aromatic hydroxyl groups is 2. The van der Waals surface area contributed by atoms with E-state index >= 15 is 0 Å². The molecule has 0 radical (unpaired) electrons. The molecule has 2 N–H and O–H groups in total. The Labute approximate surface area is 250 Å². The third kappa shape index (κ3) is 13.9. The number of allylic oxidation sites excluding steroid dienone is 8. The second-order valence-electron chi connectivity index (χ2n) is 7.83. The van der Waals surface area contributed by atoms with Crippen molar-refractivity contribution in [2.24, 2.45) is 0 Å². The van der Waals surface area contributed by atoms with Crippen molar-refractivity contribution in [3.8, 4) is 34.5 Å². The van der Waals surface area contributed by atoms with Gasteiger partial charge in [0.1, 0.15) is 34.5 Å². The Kier molecular flexibility index (Phi) is 15.2. The van der Waals surface area contributed by atoms with Gasteiger partial charge in [0.2, 0.25) is 0 Å². The van der Waals surface area contributed by atoms with Crippen LogP contribution in [0.5, 0.6) is 34.5 Å². The zero-order chi connectivity index (χ0) is 26.7. The first kappa shape index (κ1) is 31.1. The number of phenolic OH excluding ortho intramolecular Hbond substituents is 2. The van der Waals surface area contributed by atoms with E-state index in [1.54, 1.807) is 48.5 Å². The molecule has 0 spiro atoms. The van der Waals surface area contributed by atoms with Crippen LogP contribution in [-0.2, 0) is 26.2 Å². The summed E-state index contributed by atoms with van der Waals surface area (Å²) in [5, 5.41) is 18.4. The Morgan fingerprint density at radius 3 is 1.15 bits per heavy atom. The SMILES string of the molecule is Oc1cccc(Oc2ccccc2)c1.Oc1cccc(Oc2ccccc2)c1.[C-]1=CC=CC1.[C-]1=CC=CC1.[Zr+2]. The van der Waals surface area contributed by atoms with Crippen LogP contribution in [0.3, 0.4) is 0 Å². The van der Waals surface area contributed by atoms with E-state index in [9.17, 15) is 10.2 Å². The summed E-state index contributed by atoms with van der Waals surface area (Å²) in [5.41, 5.74) is 0. The molecule has 0 heterocycles. The number of ether oxygens (including phenoxy) is 2. The van der Waals surface area contributed by atoms with Crippen molar-refractivity contribution in [1.82, 2.24) is 0 Å². The van der Waals surface area contributed by atoms with Gasteiger partial charge in [-0.05, 0) is 48.5 Å². The van der Waals surface area contributed by atoms with Crippen LogP contribution in [0, 0.1) is 12.2 Å². The summed E-state index contributed by atoms with van der Waals surface area (Å²) in [4.78, 5) is 0. The topological polar surface area (TPSA) is 58.9 Å². The zero-order valence-corrected chi connectivity index (χ0v) is 23.9. The van der Waals surface area contributed by atoms with E-state index in [0.29, 0.717) is 11.5 Å². The van der Waals surface area contributed by atoms with Gasteiger partial charge in [-0.25, -0.2) is 24.3 Å². The van der Waals surface area contributed by atoms with Crippen LogP contribution in [0.15, 0.2) is 146 Å². The molecular formula is C34H30O4Zr. The van der Waals surface area contributed by atoms with Gasteiger partial charge in [-0.1, -0.05) is 48.5 Å². The molecular weight excluding hydrogens is 564 g/mol. The van der Waals surface area contributed by atoms with Crippen molar-refractivity contribution in [3.05, 3.63) is 158 Å². The molecule has 4 nitrogen and oxygen atoms in total. The van der Waals surface area contributed by atoms with Crippen LogP contribution in [0.4, 0.5) is 0 Å². The summed E-state index contributed by atoms with van der Waals surface area (Å²) in [6, 6.07) is 32.4. The van der Waals surface area contributed by atoms with Gasteiger partial charge in [0.05, 0.1) is 0 Å². The third-order valence-corrected chi connectivity index (χ3v) is 4.76. The Morgan fingerprint density at radius 2 is 0.872 bits per heavy atom. The second kappa shape index (κ2) is 19.1. The van der Waals surface area contributed by atoms with Gasteiger partial charge < -0.3 is 19.7 Å². The third-order valence-electron chi connectivity index (χ3n) is 4.76. The van der Waals surface area contributed by atoms with E-state index in [2.05, 4.69) is 24.3 Å². The molecule has 39 heavy (non-hydrogen) atoms. The standard InChI is InChI=1S/2C12H10O2.2C5H5.Zr/c2*13-10-5-4-8-12(9-10)14-11-6-2-1-3-7-11;2*1-2-4-5-3-1;/h2*1-9,13H;2*1-3H,4H2;/q;;2*-1;+2. The smallest absolute Gasteiger partial charge is 0.508 e. The number of hydrogen-bond donors (Lipinski definition) is 2. The van der Waals surface area contributed by atoms with Crippen LogP contribution >= 0.6 is 0 Å². The minimum absolute atomic E-state index is 0. The largest absolute Gasteiger partial charge is 2.00 e. The van der Waals surface area contributed by atoms with Crippen LogP contribution in [0.1, 0.15) is 12.8 Å². The predicted molar refractivity (Wildman–Crippen MR) is 152 cm³/mol.